The Morgan fingerprint density at radius 1 is 0.971 bits per heavy atom. The van der Waals surface area contributed by atoms with Crippen LogP contribution in [-0.4, -0.2) is 49.5 Å². The molecule has 2 aromatic carbocycles. The van der Waals surface area contributed by atoms with E-state index in [2.05, 4.69) is 5.32 Å². The molecule has 0 bridgehead atoms. The van der Waals surface area contributed by atoms with Gasteiger partial charge in [0.15, 0.2) is 0 Å². The van der Waals surface area contributed by atoms with Gasteiger partial charge in [0, 0.05) is 12.1 Å². The molecule has 7 nitrogen and oxygen atoms in total. The van der Waals surface area contributed by atoms with Crippen LogP contribution in [-0.2, 0) is 32.6 Å². The lowest BCUT2D eigenvalue weighted by Crippen LogP contribution is -2.55. The van der Waals surface area contributed by atoms with Crippen LogP contribution >= 0.6 is 0 Å². The molecular weight excluding hydrogens is 462 g/mol. The minimum absolute atomic E-state index is 0.203. The number of aryl methyl sites for hydroxylation is 2. The van der Waals surface area contributed by atoms with Gasteiger partial charge >= 0.3 is 0 Å². The molecule has 0 saturated heterocycles. The van der Waals surface area contributed by atoms with Gasteiger partial charge in [0.2, 0.25) is 21.8 Å². The van der Waals surface area contributed by atoms with Gasteiger partial charge in [0.05, 0.1) is 11.9 Å². The third-order valence-electron chi connectivity index (χ3n) is 5.81. The Balaban J connectivity index is 2.51. The molecule has 0 spiro atoms. The molecule has 0 aliphatic heterocycles. The van der Waals surface area contributed by atoms with Crippen molar-refractivity contribution in [1.29, 1.82) is 0 Å². The minimum Gasteiger partial charge on any atom is -0.350 e. The molecule has 2 rings (SSSR count). The molecule has 0 radical (unpaired) electrons. The van der Waals surface area contributed by atoms with Crippen LogP contribution in [0.4, 0.5) is 5.69 Å². The van der Waals surface area contributed by atoms with Crippen LogP contribution in [0.3, 0.4) is 0 Å². The lowest BCUT2D eigenvalue weighted by Gasteiger charge is -2.35. The highest BCUT2D eigenvalue weighted by Crippen LogP contribution is 2.24. The van der Waals surface area contributed by atoms with Crippen molar-refractivity contribution in [2.45, 2.75) is 72.5 Å². The summed E-state index contributed by atoms with van der Waals surface area (Å²) < 4.78 is 26.8. The van der Waals surface area contributed by atoms with Crippen molar-refractivity contribution < 1.29 is 18.0 Å². The summed E-state index contributed by atoms with van der Waals surface area (Å²) in [7, 11) is -3.76. The Morgan fingerprint density at radius 2 is 1.54 bits per heavy atom. The number of carbonyl (C=O) groups excluding carboxylic acids is 2. The van der Waals surface area contributed by atoms with E-state index in [1.807, 2.05) is 77.9 Å². The van der Waals surface area contributed by atoms with Gasteiger partial charge in [-0.2, -0.15) is 0 Å². The molecular formula is C27H39N3O4S. The maximum atomic E-state index is 13.8. The van der Waals surface area contributed by atoms with Crippen LogP contribution < -0.4 is 9.62 Å². The highest BCUT2D eigenvalue weighted by atomic mass is 32.2. The first kappa shape index (κ1) is 28.4. The molecule has 8 heteroatoms. The van der Waals surface area contributed by atoms with E-state index < -0.39 is 27.5 Å². The van der Waals surface area contributed by atoms with E-state index in [0.717, 1.165) is 27.3 Å². The molecule has 0 saturated carbocycles. The molecule has 2 amide bonds. The molecule has 0 aliphatic carbocycles. The van der Waals surface area contributed by atoms with Gasteiger partial charge in [-0.05, 0) is 63.3 Å². The standard InChI is InChI=1S/C27H39N3O4S/c1-8-21-15-12-13-17-24(21)30(35(7,33)34)19-25(31)29(18-22-16-11-10-14-20(22)3)23(9-2)26(32)28-27(4,5)6/h10-17,23H,8-9,18-19H2,1-7H3,(H,28,32). The van der Waals surface area contributed by atoms with Crippen molar-refractivity contribution in [3.8, 4) is 0 Å². The average molecular weight is 502 g/mol. The molecule has 1 atom stereocenters. The fourth-order valence-electron chi connectivity index (χ4n) is 3.99. The lowest BCUT2D eigenvalue weighted by molar-refractivity contribution is -0.141. The van der Waals surface area contributed by atoms with E-state index in [0.29, 0.717) is 18.5 Å². The fourth-order valence-corrected chi connectivity index (χ4v) is 4.87. The number of amides is 2. The second kappa shape index (κ2) is 11.7. The highest BCUT2D eigenvalue weighted by Gasteiger charge is 2.33. The summed E-state index contributed by atoms with van der Waals surface area (Å²) in [5.74, 6) is -0.692. The number of nitrogens with one attached hydrogen (secondary N) is 1. The molecule has 1 N–H and O–H groups in total. The van der Waals surface area contributed by atoms with Gasteiger partial charge in [-0.1, -0.05) is 56.3 Å². The van der Waals surface area contributed by atoms with Crippen LogP contribution in [0, 0.1) is 6.92 Å². The summed E-state index contributed by atoms with van der Waals surface area (Å²) in [6.07, 6.45) is 2.11. The van der Waals surface area contributed by atoms with Crippen LogP contribution in [0.5, 0.6) is 0 Å². The largest absolute Gasteiger partial charge is 0.350 e. The molecule has 35 heavy (non-hydrogen) atoms. The van der Waals surface area contributed by atoms with Crippen LogP contribution in [0.15, 0.2) is 48.5 Å². The number of hydrogen-bond donors (Lipinski definition) is 1. The van der Waals surface area contributed by atoms with Gasteiger partial charge < -0.3 is 10.2 Å². The average Bonchev–Trinajstić information content (AvgIpc) is 2.76. The second-order valence-electron chi connectivity index (χ2n) is 9.86. The normalized spacial score (nSPS) is 12.7. The van der Waals surface area contributed by atoms with E-state index in [1.54, 1.807) is 12.1 Å². The van der Waals surface area contributed by atoms with Crippen LogP contribution in [0.1, 0.15) is 57.7 Å². The summed E-state index contributed by atoms with van der Waals surface area (Å²) in [4.78, 5) is 28.5. The van der Waals surface area contributed by atoms with E-state index in [-0.39, 0.29) is 19.0 Å². The maximum absolute atomic E-state index is 13.8. The van der Waals surface area contributed by atoms with Crippen molar-refractivity contribution in [2.75, 3.05) is 17.1 Å². The second-order valence-corrected chi connectivity index (χ2v) is 11.8. The van der Waals surface area contributed by atoms with Gasteiger partial charge in [0.25, 0.3) is 0 Å². The van der Waals surface area contributed by atoms with E-state index in [1.165, 1.54) is 4.90 Å². The zero-order valence-electron chi connectivity index (χ0n) is 22.0. The zero-order valence-corrected chi connectivity index (χ0v) is 22.8. The maximum Gasteiger partial charge on any atom is 0.244 e. The van der Waals surface area contributed by atoms with Gasteiger partial charge in [-0.3, -0.25) is 13.9 Å². The number of hydrogen-bond acceptors (Lipinski definition) is 4. The Labute approximate surface area is 210 Å². The van der Waals surface area contributed by atoms with Crippen LogP contribution in [0.25, 0.3) is 0 Å². The minimum atomic E-state index is -3.76. The van der Waals surface area contributed by atoms with Crippen LogP contribution in [0.2, 0.25) is 0 Å². The Morgan fingerprint density at radius 3 is 2.06 bits per heavy atom. The Hall–Kier alpha value is -2.87. The third kappa shape index (κ3) is 7.82. The van der Waals surface area contributed by atoms with E-state index in [4.69, 9.17) is 0 Å². The number of nitrogens with zero attached hydrogens (tertiary/aromatic N) is 2. The monoisotopic (exact) mass is 501 g/mol. The summed E-state index contributed by atoms with van der Waals surface area (Å²) in [6, 6.07) is 14.1. The van der Waals surface area contributed by atoms with Crippen molar-refractivity contribution in [2.24, 2.45) is 0 Å². The molecule has 192 valence electrons. The topological polar surface area (TPSA) is 86.8 Å². The number of carbonyl (C=O) groups is 2. The van der Waals surface area contributed by atoms with Gasteiger partial charge in [-0.25, -0.2) is 8.42 Å². The van der Waals surface area contributed by atoms with E-state index in [9.17, 15) is 18.0 Å². The summed E-state index contributed by atoms with van der Waals surface area (Å²) in [5.41, 5.74) is 2.73. The van der Waals surface area contributed by atoms with Crippen molar-refractivity contribution >= 4 is 27.5 Å². The number of benzene rings is 2. The predicted molar refractivity (Wildman–Crippen MR) is 142 cm³/mol. The first-order valence-corrected chi connectivity index (χ1v) is 13.8. The molecule has 2 aromatic rings. The van der Waals surface area contributed by atoms with Gasteiger partial charge in [-0.15, -0.1) is 0 Å². The number of para-hydroxylation sites is 1. The molecule has 0 heterocycles. The van der Waals surface area contributed by atoms with Crippen molar-refractivity contribution in [3.63, 3.8) is 0 Å². The Bertz CT molecular complexity index is 1140. The summed E-state index contributed by atoms with van der Waals surface area (Å²) in [5, 5.41) is 2.97. The predicted octanol–water partition coefficient (Wildman–Crippen LogP) is 4.05. The quantitative estimate of drug-likeness (QED) is 0.532. The summed E-state index contributed by atoms with van der Waals surface area (Å²) in [6.45, 7) is 11.2. The number of sulfonamides is 1. The lowest BCUT2D eigenvalue weighted by atomic mass is 10.0. The molecule has 1 unspecified atom stereocenters. The van der Waals surface area contributed by atoms with Gasteiger partial charge in [0.1, 0.15) is 12.6 Å². The molecule has 0 aromatic heterocycles. The Kier molecular flexibility index (Phi) is 9.49. The SMILES string of the molecule is CCc1ccccc1N(CC(=O)N(Cc1ccccc1C)C(CC)C(=O)NC(C)(C)C)S(C)(=O)=O. The highest BCUT2D eigenvalue weighted by molar-refractivity contribution is 7.92. The number of rotatable bonds is 10. The summed E-state index contributed by atoms with van der Waals surface area (Å²) >= 11 is 0. The molecule has 0 fully saturated rings. The fraction of sp³-hybridized carbons (Fsp3) is 0.481. The third-order valence-corrected chi connectivity index (χ3v) is 6.93. The number of anilines is 1. The van der Waals surface area contributed by atoms with E-state index >= 15 is 0 Å². The zero-order chi connectivity index (χ0) is 26.4. The van der Waals surface area contributed by atoms with Crippen molar-refractivity contribution in [3.05, 3.63) is 65.2 Å². The molecule has 0 aliphatic rings. The first-order valence-electron chi connectivity index (χ1n) is 12.0. The smallest absolute Gasteiger partial charge is 0.244 e. The first-order chi connectivity index (χ1) is 16.3. The van der Waals surface area contributed by atoms with Crippen molar-refractivity contribution in [1.82, 2.24) is 10.2 Å².